The molecule has 0 spiro atoms. The minimum atomic E-state index is -2.27. The van der Waals surface area contributed by atoms with Crippen molar-refractivity contribution in [3.8, 4) is 5.69 Å². The number of rotatable bonds is 4. The summed E-state index contributed by atoms with van der Waals surface area (Å²) in [5, 5.41) is 3.29. The highest BCUT2D eigenvalue weighted by atomic mass is 19.2. The number of carbonyl (C=O) groups excluding carboxylic acids is 1. The molecule has 1 aromatic heterocycles. The molecule has 0 atom stereocenters. The van der Waals surface area contributed by atoms with E-state index >= 15 is 0 Å². The Morgan fingerprint density at radius 3 is 1.83 bits per heavy atom. The molecule has 9 heteroatoms. The van der Waals surface area contributed by atoms with Gasteiger partial charge in [-0.05, 0) is 50.2 Å². The molecule has 1 amide bonds. The molecule has 2 aromatic carbocycles. The van der Waals surface area contributed by atoms with Crippen molar-refractivity contribution in [1.82, 2.24) is 9.99 Å². The fourth-order valence-corrected chi connectivity index (χ4v) is 2.79. The van der Waals surface area contributed by atoms with Crippen LogP contribution in [-0.4, -0.2) is 16.7 Å². The van der Waals surface area contributed by atoms with E-state index in [1.807, 2.05) is 36.0 Å². The number of aromatic nitrogens is 1. The number of amides is 1. The highest BCUT2D eigenvalue weighted by molar-refractivity contribution is 5.95. The molecule has 1 heterocycles. The second-order valence-electron chi connectivity index (χ2n) is 6.18. The van der Waals surface area contributed by atoms with E-state index in [0.29, 0.717) is 6.21 Å². The van der Waals surface area contributed by atoms with Crippen molar-refractivity contribution in [2.24, 2.45) is 5.10 Å². The summed E-state index contributed by atoms with van der Waals surface area (Å²) in [7, 11) is 0. The van der Waals surface area contributed by atoms with Gasteiger partial charge in [0.15, 0.2) is 23.3 Å². The zero-order valence-corrected chi connectivity index (χ0v) is 15.2. The second kappa shape index (κ2) is 7.86. The number of nitrogens with one attached hydrogen (secondary N) is 1. The standard InChI is InChI=1S/C20H14F5N3O/c1-10-3-4-11(2)28(10)13-7-5-12(6-8-13)20(29)27-26-9-14-15(21)17(23)19(25)18(24)16(14)22/h3-9H,1-2H3,(H,27,29)/b26-9+. The summed E-state index contributed by atoms with van der Waals surface area (Å²) in [6.07, 6.45) is 0.356. The maximum Gasteiger partial charge on any atom is 0.271 e. The molecule has 3 aromatic rings. The zero-order chi connectivity index (χ0) is 21.3. The molecule has 4 nitrogen and oxygen atoms in total. The lowest BCUT2D eigenvalue weighted by atomic mass is 10.2. The van der Waals surface area contributed by atoms with Crippen LogP contribution in [-0.2, 0) is 0 Å². The predicted octanol–water partition coefficient (Wildman–Crippen LogP) is 4.55. The Bertz CT molecular complexity index is 1070. The van der Waals surface area contributed by atoms with Gasteiger partial charge in [-0.25, -0.2) is 27.4 Å². The van der Waals surface area contributed by atoms with E-state index < -0.39 is 40.6 Å². The van der Waals surface area contributed by atoms with Crippen LogP contribution in [0.5, 0.6) is 0 Å². The minimum absolute atomic E-state index is 0.186. The molecule has 0 fully saturated rings. The van der Waals surface area contributed by atoms with Crippen LogP contribution in [0.15, 0.2) is 41.5 Å². The highest BCUT2D eigenvalue weighted by Gasteiger charge is 2.24. The largest absolute Gasteiger partial charge is 0.319 e. The van der Waals surface area contributed by atoms with Gasteiger partial charge < -0.3 is 4.57 Å². The van der Waals surface area contributed by atoms with Gasteiger partial charge in [0.05, 0.1) is 11.8 Å². The lowest BCUT2D eigenvalue weighted by molar-refractivity contribution is 0.0955. The molecular weight excluding hydrogens is 393 g/mol. The first kappa shape index (κ1) is 20.2. The maximum atomic E-state index is 13.6. The van der Waals surface area contributed by atoms with E-state index in [1.54, 1.807) is 12.1 Å². The van der Waals surface area contributed by atoms with Gasteiger partial charge >= 0.3 is 0 Å². The lowest BCUT2D eigenvalue weighted by Gasteiger charge is -2.10. The Labute approximate surface area is 162 Å². The van der Waals surface area contributed by atoms with Crippen molar-refractivity contribution in [1.29, 1.82) is 0 Å². The third-order valence-corrected chi connectivity index (χ3v) is 4.26. The molecule has 1 N–H and O–H groups in total. The van der Waals surface area contributed by atoms with Gasteiger partial charge in [-0.2, -0.15) is 5.10 Å². The summed E-state index contributed by atoms with van der Waals surface area (Å²) in [6, 6.07) is 10.3. The van der Waals surface area contributed by atoms with Crippen molar-refractivity contribution in [2.75, 3.05) is 0 Å². The Morgan fingerprint density at radius 2 is 1.31 bits per heavy atom. The van der Waals surface area contributed by atoms with Crippen LogP contribution in [0.3, 0.4) is 0 Å². The summed E-state index contributed by atoms with van der Waals surface area (Å²) in [5.74, 6) is -11.3. The van der Waals surface area contributed by atoms with Gasteiger partial charge in [0, 0.05) is 22.6 Å². The molecule has 29 heavy (non-hydrogen) atoms. The van der Waals surface area contributed by atoms with E-state index in [1.165, 1.54) is 12.1 Å². The first-order valence-corrected chi connectivity index (χ1v) is 8.32. The number of aryl methyl sites for hydroxylation is 2. The first-order chi connectivity index (χ1) is 13.7. The molecule has 150 valence electrons. The van der Waals surface area contributed by atoms with E-state index in [0.717, 1.165) is 17.1 Å². The molecular formula is C20H14F5N3O. The van der Waals surface area contributed by atoms with Crippen LogP contribution < -0.4 is 5.43 Å². The van der Waals surface area contributed by atoms with Gasteiger partial charge in [0.25, 0.3) is 5.91 Å². The number of hydrazone groups is 1. The average molecular weight is 407 g/mol. The summed E-state index contributed by atoms with van der Waals surface area (Å²) in [4.78, 5) is 12.1. The van der Waals surface area contributed by atoms with Crippen LogP contribution in [0.1, 0.15) is 27.3 Å². The molecule has 0 aliphatic heterocycles. The number of benzene rings is 2. The summed E-state index contributed by atoms with van der Waals surface area (Å²) < 4.78 is 68.4. The molecule has 0 unspecified atom stereocenters. The van der Waals surface area contributed by atoms with Gasteiger partial charge in [-0.15, -0.1) is 0 Å². The fourth-order valence-electron chi connectivity index (χ4n) is 2.79. The van der Waals surface area contributed by atoms with Crippen molar-refractivity contribution < 1.29 is 26.7 Å². The Hall–Kier alpha value is -3.49. The van der Waals surface area contributed by atoms with Crippen molar-refractivity contribution in [3.63, 3.8) is 0 Å². The first-order valence-electron chi connectivity index (χ1n) is 8.32. The molecule has 0 radical (unpaired) electrons. The van der Waals surface area contributed by atoms with Gasteiger partial charge in [-0.1, -0.05) is 0 Å². The number of nitrogens with zero attached hydrogens (tertiary/aromatic N) is 2. The lowest BCUT2D eigenvalue weighted by Crippen LogP contribution is -2.18. The van der Waals surface area contributed by atoms with Crippen molar-refractivity contribution in [3.05, 3.63) is 88.0 Å². The van der Waals surface area contributed by atoms with Crippen molar-refractivity contribution in [2.45, 2.75) is 13.8 Å². The second-order valence-corrected chi connectivity index (χ2v) is 6.18. The summed E-state index contributed by atoms with van der Waals surface area (Å²) in [6.45, 7) is 3.86. The molecule has 0 saturated heterocycles. The SMILES string of the molecule is Cc1ccc(C)n1-c1ccc(C(=O)N/N=C/c2c(F)c(F)c(F)c(F)c2F)cc1. The molecule has 0 saturated carbocycles. The van der Waals surface area contributed by atoms with Gasteiger partial charge in [-0.3, -0.25) is 4.79 Å². The van der Waals surface area contributed by atoms with Gasteiger partial charge in [0.1, 0.15) is 0 Å². The highest BCUT2D eigenvalue weighted by Crippen LogP contribution is 2.21. The topological polar surface area (TPSA) is 46.4 Å². The van der Waals surface area contributed by atoms with Crippen LogP contribution in [0.2, 0.25) is 0 Å². The normalized spacial score (nSPS) is 11.3. The van der Waals surface area contributed by atoms with E-state index in [4.69, 9.17) is 0 Å². The maximum absolute atomic E-state index is 13.6. The van der Waals surface area contributed by atoms with Crippen molar-refractivity contribution >= 4 is 12.1 Å². The monoisotopic (exact) mass is 407 g/mol. The summed E-state index contributed by atoms with van der Waals surface area (Å²) in [5.41, 5.74) is 3.75. The Balaban J connectivity index is 1.77. The van der Waals surface area contributed by atoms with Crippen LogP contribution in [0, 0.1) is 42.9 Å². The summed E-state index contributed by atoms with van der Waals surface area (Å²) >= 11 is 0. The quantitative estimate of drug-likeness (QED) is 0.223. The number of halogens is 5. The van der Waals surface area contributed by atoms with E-state index in [-0.39, 0.29) is 5.56 Å². The number of hydrogen-bond acceptors (Lipinski definition) is 2. The molecule has 0 bridgehead atoms. The van der Waals surface area contributed by atoms with E-state index in [9.17, 15) is 26.7 Å². The molecule has 3 rings (SSSR count). The number of hydrogen-bond donors (Lipinski definition) is 1. The Morgan fingerprint density at radius 1 is 0.828 bits per heavy atom. The minimum Gasteiger partial charge on any atom is -0.319 e. The smallest absolute Gasteiger partial charge is 0.271 e. The zero-order valence-electron chi connectivity index (χ0n) is 15.2. The molecule has 0 aliphatic rings. The van der Waals surface area contributed by atoms with Gasteiger partial charge in [0.2, 0.25) is 5.82 Å². The fraction of sp³-hybridized carbons (Fsp3) is 0.100. The Kier molecular flexibility index (Phi) is 5.49. The predicted molar refractivity (Wildman–Crippen MR) is 96.5 cm³/mol. The van der Waals surface area contributed by atoms with Crippen LogP contribution in [0.25, 0.3) is 5.69 Å². The third kappa shape index (κ3) is 3.75. The van der Waals surface area contributed by atoms with Crippen LogP contribution >= 0.6 is 0 Å². The van der Waals surface area contributed by atoms with E-state index in [2.05, 4.69) is 5.10 Å². The third-order valence-electron chi connectivity index (χ3n) is 4.26. The van der Waals surface area contributed by atoms with Crippen LogP contribution in [0.4, 0.5) is 22.0 Å². The number of carbonyl (C=O) groups is 1. The average Bonchev–Trinajstić information content (AvgIpc) is 3.05. The molecule has 0 aliphatic carbocycles.